The fourth-order valence-electron chi connectivity index (χ4n) is 13.1. The van der Waals surface area contributed by atoms with E-state index in [4.69, 9.17) is 18.9 Å². The van der Waals surface area contributed by atoms with Crippen molar-refractivity contribution in [1.82, 2.24) is 5.32 Å². The molecule has 0 aromatic rings. The molecule has 0 saturated carbocycles. The summed E-state index contributed by atoms with van der Waals surface area (Å²) in [6.07, 6.45) is 93.6. The summed E-state index contributed by atoms with van der Waals surface area (Å²) in [5, 5.41) is 87.7. The van der Waals surface area contributed by atoms with Gasteiger partial charge in [-0.1, -0.05) is 352 Å². The summed E-state index contributed by atoms with van der Waals surface area (Å²) in [5.74, 6) is -0.259. The lowest BCUT2D eigenvalue weighted by atomic mass is 9.97. The lowest BCUT2D eigenvalue weighted by molar-refractivity contribution is -0.359. The highest BCUT2D eigenvalue weighted by Gasteiger charge is 2.51. The van der Waals surface area contributed by atoms with Crippen LogP contribution in [0.5, 0.6) is 0 Å². The zero-order valence-electron chi connectivity index (χ0n) is 66.2. The van der Waals surface area contributed by atoms with E-state index in [9.17, 15) is 45.6 Å². The second-order valence-electron chi connectivity index (χ2n) is 29.2. The fourth-order valence-corrected chi connectivity index (χ4v) is 13.1. The predicted molar refractivity (Wildman–Crippen MR) is 438 cm³/mol. The standard InChI is InChI=1S/C91H155NO13/c1-3-5-7-9-11-13-15-17-19-21-23-25-27-29-31-33-35-37-38-39-40-41-42-43-45-47-49-51-53-55-57-59-61-63-65-67-69-71-73-75-83(96)92-79(78-102-90-88(101)86(99)89(82(77-94)104-90)105-91-87(100)85(98)84(97)81(76-93)103-91)80(95)74-72-70-68-66-64-62-60-58-56-54-52-50-48-46-44-36-34-32-30-28-26-24-22-20-18-16-14-12-10-8-6-4-2/h5,7,11,13,17,19,23,25,29,31,35,37,39-40,42-43,47,49,56,58,64,66,72,74,79-82,84-91,93-95,97-101H,3-4,6,8-10,12,14-16,18,20-22,24,26-28,30,32-34,36,38,41,44-46,48,50-55,57,59-63,65,67-71,73,75-78H2,1-2H3,(H,92,96)/b7-5-,13-11-,19-17-,25-23-,31-29-,37-35-,40-39-,43-42-,49-47-,58-56+,66-64+,74-72+. The summed E-state index contributed by atoms with van der Waals surface area (Å²) >= 11 is 0. The Morgan fingerprint density at radius 2 is 0.667 bits per heavy atom. The van der Waals surface area contributed by atoms with E-state index in [1.165, 1.54) is 186 Å². The highest BCUT2D eigenvalue weighted by atomic mass is 16.7. The van der Waals surface area contributed by atoms with Crippen LogP contribution in [-0.4, -0.2) is 140 Å². The van der Waals surface area contributed by atoms with Crippen LogP contribution in [0.15, 0.2) is 146 Å². The molecule has 0 aromatic carbocycles. The van der Waals surface area contributed by atoms with Crippen molar-refractivity contribution < 1.29 is 64.6 Å². The monoisotopic (exact) mass is 1470 g/mol. The summed E-state index contributed by atoms with van der Waals surface area (Å²) in [6.45, 7) is 2.69. The molecule has 14 nitrogen and oxygen atoms in total. The van der Waals surface area contributed by atoms with Gasteiger partial charge < -0.3 is 65.1 Å². The molecule has 105 heavy (non-hydrogen) atoms. The Morgan fingerprint density at radius 1 is 0.352 bits per heavy atom. The van der Waals surface area contributed by atoms with Crippen LogP contribution in [-0.2, 0) is 23.7 Å². The summed E-state index contributed by atoms with van der Waals surface area (Å²) < 4.78 is 22.9. The number of rotatable bonds is 70. The van der Waals surface area contributed by atoms with E-state index in [1.807, 2.05) is 6.08 Å². The van der Waals surface area contributed by atoms with Crippen molar-refractivity contribution >= 4 is 5.91 Å². The molecule has 2 saturated heterocycles. The van der Waals surface area contributed by atoms with Gasteiger partial charge in [-0.2, -0.15) is 0 Å². The maximum Gasteiger partial charge on any atom is 0.220 e. The normalized spacial score (nSPS) is 22.2. The van der Waals surface area contributed by atoms with Gasteiger partial charge in [0.2, 0.25) is 5.91 Å². The van der Waals surface area contributed by atoms with Crippen LogP contribution in [0.2, 0.25) is 0 Å². The molecular formula is C91H155NO13. The molecule has 2 aliphatic rings. The highest BCUT2D eigenvalue weighted by Crippen LogP contribution is 2.30. The zero-order valence-corrected chi connectivity index (χ0v) is 66.2. The molecule has 0 aliphatic carbocycles. The van der Waals surface area contributed by atoms with Gasteiger partial charge in [0.05, 0.1) is 32.0 Å². The Hall–Kier alpha value is -4.13. The van der Waals surface area contributed by atoms with Gasteiger partial charge in [-0.15, -0.1) is 0 Å². The topological polar surface area (TPSA) is 228 Å². The minimum Gasteiger partial charge on any atom is -0.394 e. The molecule has 2 heterocycles. The van der Waals surface area contributed by atoms with Gasteiger partial charge in [0.15, 0.2) is 12.6 Å². The Labute approximate surface area is 640 Å². The van der Waals surface area contributed by atoms with Crippen molar-refractivity contribution in [3.63, 3.8) is 0 Å². The summed E-state index contributed by atoms with van der Waals surface area (Å²) in [5.41, 5.74) is 0. The van der Waals surface area contributed by atoms with E-state index in [-0.39, 0.29) is 18.9 Å². The second kappa shape index (κ2) is 72.7. The third kappa shape index (κ3) is 55.0. The predicted octanol–water partition coefficient (Wildman–Crippen LogP) is 20.3. The molecule has 0 aromatic heterocycles. The fraction of sp³-hybridized carbons (Fsp3) is 0.725. The second-order valence-corrected chi connectivity index (χ2v) is 29.2. The molecule has 2 fully saturated rings. The number of hydrogen-bond donors (Lipinski definition) is 9. The minimum atomic E-state index is -1.80. The SMILES string of the molecule is CC/C=C\C/C=C\C/C=C\C/C=C\C/C=C\C/C=C\C/C=C\C/C=C\C/C=C\CCCCCCCCCCCCCC(=O)NC(COC1OC(CO)C(OC2OC(CO)C(O)C(O)C2O)C(O)C1O)C(O)/C=C/CC/C=C/CC/C=C/CCCCCCCCCCCCCCCCCCCCCCCC. The molecule has 2 aliphatic heterocycles. The molecule has 14 heteroatoms. The number of aliphatic hydroxyl groups is 8. The van der Waals surface area contributed by atoms with Crippen molar-refractivity contribution in [2.45, 2.75) is 402 Å². The molecule has 0 spiro atoms. The first-order chi connectivity index (χ1) is 51.6. The highest BCUT2D eigenvalue weighted by molar-refractivity contribution is 5.76. The number of ether oxygens (including phenoxy) is 4. The number of amides is 1. The van der Waals surface area contributed by atoms with Crippen LogP contribution in [0.3, 0.4) is 0 Å². The minimum absolute atomic E-state index is 0.258. The smallest absolute Gasteiger partial charge is 0.220 e. The Kier molecular flexibility index (Phi) is 67.1. The first-order valence-electron chi connectivity index (χ1n) is 42.6. The molecular weight excluding hydrogens is 1310 g/mol. The molecule has 12 atom stereocenters. The molecule has 12 unspecified atom stereocenters. The van der Waals surface area contributed by atoms with Crippen LogP contribution in [0.4, 0.5) is 0 Å². The van der Waals surface area contributed by atoms with E-state index in [1.54, 1.807) is 6.08 Å². The molecule has 602 valence electrons. The van der Waals surface area contributed by atoms with Crippen molar-refractivity contribution in [3.8, 4) is 0 Å². The first kappa shape index (κ1) is 96.9. The summed E-state index contributed by atoms with van der Waals surface area (Å²) in [4.78, 5) is 13.4. The molecule has 0 radical (unpaired) electrons. The van der Waals surface area contributed by atoms with Crippen LogP contribution in [0.1, 0.15) is 328 Å². The molecule has 9 N–H and O–H groups in total. The van der Waals surface area contributed by atoms with E-state index >= 15 is 0 Å². The van der Waals surface area contributed by atoms with Crippen LogP contribution >= 0.6 is 0 Å². The first-order valence-corrected chi connectivity index (χ1v) is 42.6. The van der Waals surface area contributed by atoms with E-state index in [0.717, 1.165) is 109 Å². The number of hydrogen-bond acceptors (Lipinski definition) is 13. The van der Waals surface area contributed by atoms with E-state index in [0.29, 0.717) is 12.8 Å². The third-order valence-electron chi connectivity index (χ3n) is 19.7. The average Bonchev–Trinajstić information content (AvgIpc) is 0.789. The van der Waals surface area contributed by atoms with Crippen LogP contribution in [0, 0.1) is 0 Å². The largest absolute Gasteiger partial charge is 0.394 e. The number of unbranched alkanes of at least 4 members (excludes halogenated alkanes) is 35. The van der Waals surface area contributed by atoms with Crippen molar-refractivity contribution in [3.05, 3.63) is 146 Å². The molecule has 2 rings (SSSR count). The number of nitrogens with one attached hydrogen (secondary N) is 1. The van der Waals surface area contributed by atoms with Gasteiger partial charge in [0, 0.05) is 6.42 Å². The number of carbonyl (C=O) groups is 1. The summed E-state index contributed by atoms with van der Waals surface area (Å²) in [6, 6.07) is -0.952. The maximum atomic E-state index is 13.4. The quantitative estimate of drug-likeness (QED) is 0.0204. The summed E-state index contributed by atoms with van der Waals surface area (Å²) in [7, 11) is 0. The van der Waals surface area contributed by atoms with Gasteiger partial charge in [-0.3, -0.25) is 4.79 Å². The van der Waals surface area contributed by atoms with Gasteiger partial charge in [-0.25, -0.2) is 0 Å². The number of carbonyl (C=O) groups excluding carboxylic acids is 1. The third-order valence-corrected chi connectivity index (χ3v) is 19.7. The van der Waals surface area contributed by atoms with Crippen molar-refractivity contribution in [2.24, 2.45) is 0 Å². The van der Waals surface area contributed by atoms with Gasteiger partial charge in [0.1, 0.15) is 48.8 Å². The van der Waals surface area contributed by atoms with Gasteiger partial charge in [0.25, 0.3) is 0 Å². The van der Waals surface area contributed by atoms with Crippen LogP contribution < -0.4 is 5.32 Å². The maximum absolute atomic E-state index is 13.4. The van der Waals surface area contributed by atoms with Gasteiger partial charge >= 0.3 is 0 Å². The molecule has 1 amide bonds. The average molecular weight is 1470 g/mol. The number of aliphatic hydroxyl groups excluding tert-OH is 8. The van der Waals surface area contributed by atoms with E-state index in [2.05, 4.69) is 153 Å². The van der Waals surface area contributed by atoms with Gasteiger partial charge in [-0.05, 0) is 116 Å². The lowest BCUT2D eigenvalue weighted by Crippen LogP contribution is -2.65. The van der Waals surface area contributed by atoms with Crippen molar-refractivity contribution in [1.29, 1.82) is 0 Å². The Bertz CT molecular complexity index is 2330. The molecule has 0 bridgehead atoms. The zero-order chi connectivity index (χ0) is 75.8. The Morgan fingerprint density at radius 3 is 1.05 bits per heavy atom. The Balaban J connectivity index is 1.63. The number of allylic oxidation sites excluding steroid dienone is 23. The van der Waals surface area contributed by atoms with Crippen molar-refractivity contribution in [2.75, 3.05) is 19.8 Å². The lowest BCUT2D eigenvalue weighted by Gasteiger charge is -2.46. The van der Waals surface area contributed by atoms with Crippen LogP contribution in [0.25, 0.3) is 0 Å². The van der Waals surface area contributed by atoms with E-state index < -0.39 is 86.8 Å².